The molecule has 124 valence electrons. The van der Waals surface area contributed by atoms with Gasteiger partial charge in [-0.1, -0.05) is 32.6 Å². The monoisotopic (exact) mass is 324 g/mol. The smallest absolute Gasteiger partial charge is 0.862 e. The molecule has 0 atom stereocenters. The minimum Gasteiger partial charge on any atom is -0.862 e. The Morgan fingerprint density at radius 3 is 2.41 bits per heavy atom. The van der Waals surface area contributed by atoms with Crippen LogP contribution in [0.4, 0.5) is 0 Å². The second kappa shape index (κ2) is 17.2. The summed E-state index contributed by atoms with van der Waals surface area (Å²) in [6.07, 6.45) is 6.52. The van der Waals surface area contributed by atoms with Gasteiger partial charge in [-0.25, -0.2) is 0 Å². The Balaban J connectivity index is 0. The van der Waals surface area contributed by atoms with Crippen LogP contribution in [0.3, 0.4) is 0 Å². The van der Waals surface area contributed by atoms with Crippen molar-refractivity contribution in [2.75, 3.05) is 32.8 Å². The third-order valence-electron chi connectivity index (χ3n) is 3.19. The van der Waals surface area contributed by atoms with Crippen LogP contribution in [-0.4, -0.2) is 59.8 Å². The van der Waals surface area contributed by atoms with Gasteiger partial charge < -0.3 is 20.3 Å². The number of rotatable bonds is 14. The van der Waals surface area contributed by atoms with Crippen molar-refractivity contribution < 1.29 is 49.7 Å². The van der Waals surface area contributed by atoms with Crippen LogP contribution in [0.5, 0.6) is 0 Å². The molecule has 0 aliphatic heterocycles. The number of hydrogen-bond donors (Lipinski definition) is 2. The normalized spacial score (nSPS) is 11.5. The second-order valence-electron chi connectivity index (χ2n) is 5.19. The average Bonchev–Trinajstić information content (AvgIpc) is 2.43. The summed E-state index contributed by atoms with van der Waals surface area (Å²) in [5.41, 5.74) is 0. The summed E-state index contributed by atoms with van der Waals surface area (Å²) in [4.78, 5) is 16.3. The van der Waals surface area contributed by atoms with E-state index in [4.69, 9.17) is 10.2 Å². The molecule has 0 aromatic heterocycles. The molecule has 0 unspecified atom stereocenters. The van der Waals surface area contributed by atoms with E-state index in [0.717, 1.165) is 19.3 Å². The van der Waals surface area contributed by atoms with Crippen molar-refractivity contribution in [3.63, 3.8) is 0 Å². The van der Waals surface area contributed by atoms with Crippen LogP contribution in [0, 0.1) is 0 Å². The Hall–Kier alpha value is -0.140. The number of hydrogen-bond acceptors (Lipinski definition) is 5. The molecule has 0 saturated heterocycles. The Kier molecular flexibility index (Phi) is 18.9. The Morgan fingerprint density at radius 2 is 1.82 bits per heavy atom. The van der Waals surface area contributed by atoms with Crippen molar-refractivity contribution in [3.8, 4) is 0 Å². The van der Waals surface area contributed by atoms with Gasteiger partial charge in [0, 0.05) is 19.7 Å². The molecule has 0 bridgehead atoms. The standard InChI is InChI=1S/C15H30N2O4.Na/c1-2-3-4-5-6-8-14(19)16-9-11-17(10-7-12-18)13-15(20)21;/h18H,2-13H2,1H3,(H,16,19)(H,20,21);/q;+1/p-1. The molecule has 0 spiro atoms. The zero-order chi connectivity index (χ0) is 15.9. The van der Waals surface area contributed by atoms with Gasteiger partial charge in [0.2, 0.25) is 0 Å². The van der Waals surface area contributed by atoms with Crippen LogP contribution in [0.2, 0.25) is 0 Å². The number of aliphatic carboxylic acids is 1. The van der Waals surface area contributed by atoms with Crippen molar-refractivity contribution in [1.82, 2.24) is 4.90 Å². The van der Waals surface area contributed by atoms with Crippen LogP contribution in [0.1, 0.15) is 51.9 Å². The SMILES string of the molecule is CCCCCCCC([O-])=NCCN(CCCO)CC(=O)O.[Na+]. The van der Waals surface area contributed by atoms with Gasteiger partial charge in [0.1, 0.15) is 0 Å². The predicted octanol–water partition coefficient (Wildman–Crippen LogP) is -2.12. The number of carbonyl (C=O) groups is 1. The number of carboxylic acids is 1. The first-order chi connectivity index (χ1) is 10.1. The van der Waals surface area contributed by atoms with E-state index in [-0.39, 0.29) is 48.6 Å². The molecule has 0 fully saturated rings. The van der Waals surface area contributed by atoms with Crippen LogP contribution in [0.25, 0.3) is 0 Å². The third kappa shape index (κ3) is 16.2. The average molecular weight is 324 g/mol. The first-order valence-corrected chi connectivity index (χ1v) is 7.85. The number of aliphatic imine (C=N–C) groups is 1. The predicted molar refractivity (Wildman–Crippen MR) is 81.5 cm³/mol. The summed E-state index contributed by atoms with van der Waals surface area (Å²) < 4.78 is 0. The number of aliphatic hydroxyl groups excluding tert-OH is 1. The van der Waals surface area contributed by atoms with E-state index in [2.05, 4.69) is 11.9 Å². The zero-order valence-corrected chi connectivity index (χ0v) is 16.1. The summed E-state index contributed by atoms with van der Waals surface area (Å²) in [5.74, 6) is -1.00. The molecule has 0 radical (unpaired) electrons. The van der Waals surface area contributed by atoms with Gasteiger partial charge in [-0.05, 0) is 25.2 Å². The van der Waals surface area contributed by atoms with Crippen molar-refractivity contribution in [3.05, 3.63) is 0 Å². The van der Waals surface area contributed by atoms with Crippen LogP contribution in [-0.2, 0) is 4.79 Å². The van der Waals surface area contributed by atoms with E-state index >= 15 is 0 Å². The zero-order valence-electron chi connectivity index (χ0n) is 14.1. The van der Waals surface area contributed by atoms with Gasteiger partial charge in [-0.15, -0.1) is 0 Å². The molecule has 0 heterocycles. The van der Waals surface area contributed by atoms with Crippen LogP contribution >= 0.6 is 0 Å². The van der Waals surface area contributed by atoms with E-state index in [0.29, 0.717) is 32.5 Å². The van der Waals surface area contributed by atoms with E-state index in [1.165, 1.54) is 12.8 Å². The van der Waals surface area contributed by atoms with Gasteiger partial charge in [-0.2, -0.15) is 0 Å². The largest absolute Gasteiger partial charge is 1.00 e. The molecule has 0 amide bonds. The molecule has 0 saturated carbocycles. The molecule has 0 aromatic carbocycles. The van der Waals surface area contributed by atoms with E-state index < -0.39 is 5.97 Å². The molecule has 22 heavy (non-hydrogen) atoms. The summed E-state index contributed by atoms with van der Waals surface area (Å²) >= 11 is 0. The minimum absolute atomic E-state index is 0. The summed E-state index contributed by atoms with van der Waals surface area (Å²) in [6, 6.07) is 0. The van der Waals surface area contributed by atoms with Gasteiger partial charge in [-0.3, -0.25) is 9.69 Å². The van der Waals surface area contributed by atoms with Crippen LogP contribution < -0.4 is 34.7 Å². The molecule has 0 aromatic rings. The van der Waals surface area contributed by atoms with E-state index in [1.807, 2.05) is 0 Å². The van der Waals surface area contributed by atoms with E-state index in [9.17, 15) is 9.90 Å². The molecule has 7 heteroatoms. The Bertz CT molecular complexity index is 301. The molecule has 0 aliphatic carbocycles. The molecule has 0 aliphatic rings. The fourth-order valence-corrected chi connectivity index (χ4v) is 2.03. The number of aliphatic hydroxyl groups is 1. The minimum atomic E-state index is -0.907. The van der Waals surface area contributed by atoms with Crippen molar-refractivity contribution in [2.45, 2.75) is 51.9 Å². The first kappa shape index (κ1) is 24.1. The third-order valence-corrected chi connectivity index (χ3v) is 3.19. The maximum absolute atomic E-state index is 11.6. The van der Waals surface area contributed by atoms with Crippen molar-refractivity contribution in [2.24, 2.45) is 4.99 Å². The Labute approximate surface area is 155 Å². The van der Waals surface area contributed by atoms with Gasteiger partial charge in [0.25, 0.3) is 0 Å². The summed E-state index contributed by atoms with van der Waals surface area (Å²) in [7, 11) is 0. The second-order valence-corrected chi connectivity index (χ2v) is 5.19. The van der Waals surface area contributed by atoms with Crippen molar-refractivity contribution in [1.29, 1.82) is 0 Å². The molecule has 0 rings (SSSR count). The van der Waals surface area contributed by atoms with Crippen LogP contribution in [0.15, 0.2) is 4.99 Å². The quantitative estimate of drug-likeness (QED) is 0.165. The van der Waals surface area contributed by atoms with E-state index in [1.54, 1.807) is 4.90 Å². The summed E-state index contributed by atoms with van der Waals surface area (Å²) in [5, 5.41) is 29.1. The molecular weight excluding hydrogens is 295 g/mol. The summed E-state index contributed by atoms with van der Waals surface area (Å²) in [6.45, 7) is 3.37. The van der Waals surface area contributed by atoms with Crippen molar-refractivity contribution >= 4 is 11.9 Å². The number of unbranched alkanes of at least 4 members (excludes halogenated alkanes) is 4. The molecule has 6 nitrogen and oxygen atoms in total. The first-order valence-electron chi connectivity index (χ1n) is 7.85. The molecular formula is C15H29N2NaO4. The number of nitrogens with zero attached hydrogens (tertiary/aromatic N) is 2. The number of carboxylic acid groups (broad SMARTS) is 1. The fourth-order valence-electron chi connectivity index (χ4n) is 2.03. The maximum Gasteiger partial charge on any atom is 1.00 e. The van der Waals surface area contributed by atoms with Gasteiger partial charge >= 0.3 is 35.5 Å². The van der Waals surface area contributed by atoms with Gasteiger partial charge in [0.05, 0.1) is 13.1 Å². The maximum atomic E-state index is 11.6. The Morgan fingerprint density at radius 1 is 1.14 bits per heavy atom. The van der Waals surface area contributed by atoms with Gasteiger partial charge in [0.15, 0.2) is 0 Å². The fraction of sp³-hybridized carbons (Fsp3) is 0.867. The topological polar surface area (TPSA) is 96.2 Å². The molecule has 2 N–H and O–H groups in total.